The highest BCUT2D eigenvalue weighted by molar-refractivity contribution is 5.34. The van der Waals surface area contributed by atoms with Crippen LogP contribution in [-0.4, -0.2) is 9.97 Å². The Labute approximate surface area is 117 Å². The van der Waals surface area contributed by atoms with E-state index >= 15 is 0 Å². The molecule has 1 aliphatic carbocycles. The summed E-state index contributed by atoms with van der Waals surface area (Å²) in [5, 5.41) is 3.34. The van der Waals surface area contributed by atoms with Gasteiger partial charge in [0.2, 0.25) is 0 Å². The molecule has 102 valence electrons. The second-order valence-corrected chi connectivity index (χ2v) is 5.60. The van der Waals surface area contributed by atoms with Gasteiger partial charge in [-0.2, -0.15) is 0 Å². The van der Waals surface area contributed by atoms with E-state index in [-0.39, 0.29) is 5.82 Å². The lowest BCUT2D eigenvalue weighted by atomic mass is 10.1. The van der Waals surface area contributed by atoms with E-state index in [0.29, 0.717) is 17.9 Å². The first-order valence-electron chi connectivity index (χ1n) is 7.14. The normalized spacial score (nSPS) is 17.2. The first-order chi connectivity index (χ1) is 9.81. The van der Waals surface area contributed by atoms with Crippen LogP contribution in [0.4, 0.5) is 4.39 Å². The third-order valence-electron chi connectivity index (χ3n) is 4.04. The summed E-state index contributed by atoms with van der Waals surface area (Å²) >= 11 is 0. The molecule has 4 rings (SSSR count). The molecule has 0 radical (unpaired) electrons. The molecule has 3 nitrogen and oxygen atoms in total. The Kier molecular flexibility index (Phi) is 2.77. The van der Waals surface area contributed by atoms with Gasteiger partial charge in [-0.1, -0.05) is 18.2 Å². The topological polar surface area (TPSA) is 37.8 Å². The lowest BCUT2D eigenvalue weighted by Crippen LogP contribution is -2.06. The van der Waals surface area contributed by atoms with Crippen LogP contribution in [-0.2, 0) is 19.5 Å². The Morgan fingerprint density at radius 3 is 2.80 bits per heavy atom. The second-order valence-electron chi connectivity index (χ2n) is 5.60. The van der Waals surface area contributed by atoms with Crippen molar-refractivity contribution in [3.05, 3.63) is 58.4 Å². The lowest BCUT2D eigenvalue weighted by Gasteiger charge is -2.09. The third-order valence-corrected chi connectivity index (χ3v) is 4.04. The Morgan fingerprint density at radius 2 is 2.00 bits per heavy atom. The van der Waals surface area contributed by atoms with Crippen molar-refractivity contribution in [3.63, 3.8) is 0 Å². The number of hydrogen-bond donors (Lipinski definition) is 1. The van der Waals surface area contributed by atoms with E-state index < -0.39 is 0 Å². The van der Waals surface area contributed by atoms with E-state index in [1.54, 1.807) is 12.1 Å². The van der Waals surface area contributed by atoms with Crippen molar-refractivity contribution in [2.45, 2.75) is 38.3 Å². The molecule has 1 saturated carbocycles. The monoisotopic (exact) mass is 269 g/mol. The number of hydrogen-bond acceptors (Lipinski definition) is 3. The van der Waals surface area contributed by atoms with Crippen LogP contribution in [0.3, 0.4) is 0 Å². The Balaban J connectivity index is 1.72. The minimum absolute atomic E-state index is 0.178. The largest absolute Gasteiger partial charge is 0.307 e. The summed E-state index contributed by atoms with van der Waals surface area (Å²) in [4.78, 5) is 9.35. The molecule has 1 N–H and O–H groups in total. The van der Waals surface area contributed by atoms with Crippen molar-refractivity contribution in [3.8, 4) is 0 Å². The SMILES string of the molecule is Fc1ccccc1Cc1nc2c(c(C3CC3)n1)CNC2. The molecule has 0 atom stereocenters. The van der Waals surface area contributed by atoms with Crippen molar-refractivity contribution in [2.75, 3.05) is 0 Å². The molecule has 2 aromatic rings. The van der Waals surface area contributed by atoms with Gasteiger partial charge in [0.1, 0.15) is 11.6 Å². The molecule has 4 heteroatoms. The van der Waals surface area contributed by atoms with Crippen molar-refractivity contribution >= 4 is 0 Å². The van der Waals surface area contributed by atoms with E-state index in [0.717, 1.165) is 24.6 Å². The van der Waals surface area contributed by atoms with E-state index in [4.69, 9.17) is 4.98 Å². The first kappa shape index (κ1) is 12.0. The van der Waals surface area contributed by atoms with Crippen LogP contribution in [0, 0.1) is 5.82 Å². The maximum atomic E-state index is 13.8. The van der Waals surface area contributed by atoms with Crippen LogP contribution >= 0.6 is 0 Å². The van der Waals surface area contributed by atoms with E-state index in [1.165, 1.54) is 30.2 Å². The van der Waals surface area contributed by atoms with Gasteiger partial charge in [-0.3, -0.25) is 0 Å². The number of rotatable bonds is 3. The summed E-state index contributed by atoms with van der Waals surface area (Å²) < 4.78 is 13.8. The fourth-order valence-electron chi connectivity index (χ4n) is 2.83. The molecule has 1 fully saturated rings. The highest BCUT2D eigenvalue weighted by atomic mass is 19.1. The Bertz CT molecular complexity index is 665. The third kappa shape index (κ3) is 2.10. The van der Waals surface area contributed by atoms with E-state index in [1.807, 2.05) is 6.07 Å². The van der Waals surface area contributed by atoms with E-state index in [2.05, 4.69) is 10.3 Å². The summed E-state index contributed by atoms with van der Waals surface area (Å²) in [5.74, 6) is 1.17. The quantitative estimate of drug-likeness (QED) is 0.931. The van der Waals surface area contributed by atoms with Gasteiger partial charge in [-0.05, 0) is 24.5 Å². The van der Waals surface area contributed by atoms with Gasteiger partial charge in [0.25, 0.3) is 0 Å². The predicted octanol–water partition coefficient (Wildman–Crippen LogP) is 2.69. The smallest absolute Gasteiger partial charge is 0.133 e. The fourth-order valence-corrected chi connectivity index (χ4v) is 2.83. The number of fused-ring (bicyclic) bond motifs is 1. The average molecular weight is 269 g/mol. The lowest BCUT2D eigenvalue weighted by molar-refractivity contribution is 0.611. The van der Waals surface area contributed by atoms with Gasteiger partial charge in [-0.25, -0.2) is 14.4 Å². The summed E-state index contributed by atoms with van der Waals surface area (Å²) in [6, 6.07) is 6.87. The minimum atomic E-state index is -0.178. The number of benzene rings is 1. The van der Waals surface area contributed by atoms with Crippen molar-refractivity contribution in [1.82, 2.24) is 15.3 Å². The zero-order valence-electron chi connectivity index (χ0n) is 11.2. The summed E-state index contributed by atoms with van der Waals surface area (Å²) in [6.07, 6.45) is 2.92. The van der Waals surface area contributed by atoms with Gasteiger partial charge < -0.3 is 5.32 Å². The molecular weight excluding hydrogens is 253 g/mol. The van der Waals surface area contributed by atoms with Gasteiger partial charge in [0.15, 0.2) is 0 Å². The van der Waals surface area contributed by atoms with Gasteiger partial charge in [0.05, 0.1) is 11.4 Å². The molecule has 20 heavy (non-hydrogen) atoms. The van der Waals surface area contributed by atoms with Crippen molar-refractivity contribution < 1.29 is 4.39 Å². The molecule has 0 spiro atoms. The maximum absolute atomic E-state index is 13.8. The van der Waals surface area contributed by atoms with E-state index in [9.17, 15) is 4.39 Å². The molecule has 2 aliphatic rings. The molecule has 0 saturated heterocycles. The second kappa shape index (κ2) is 4.63. The highest BCUT2D eigenvalue weighted by Crippen LogP contribution is 2.41. The first-order valence-corrected chi connectivity index (χ1v) is 7.14. The van der Waals surface area contributed by atoms with Crippen LogP contribution < -0.4 is 5.32 Å². The Morgan fingerprint density at radius 1 is 1.15 bits per heavy atom. The molecule has 1 aromatic heterocycles. The number of halogens is 1. The summed E-state index contributed by atoms with van der Waals surface area (Å²) in [5.41, 5.74) is 4.25. The number of aromatic nitrogens is 2. The maximum Gasteiger partial charge on any atom is 0.133 e. The molecular formula is C16H16FN3. The Hall–Kier alpha value is -1.81. The zero-order chi connectivity index (χ0) is 13.5. The molecule has 1 aromatic carbocycles. The van der Waals surface area contributed by atoms with Gasteiger partial charge >= 0.3 is 0 Å². The fraction of sp³-hybridized carbons (Fsp3) is 0.375. The molecule has 0 bridgehead atoms. The molecule has 0 unspecified atom stereocenters. The van der Waals surface area contributed by atoms with Crippen LogP contribution in [0.5, 0.6) is 0 Å². The van der Waals surface area contributed by atoms with Crippen LogP contribution in [0.1, 0.15) is 47.1 Å². The average Bonchev–Trinajstić information content (AvgIpc) is 3.19. The number of nitrogens with one attached hydrogen (secondary N) is 1. The summed E-state index contributed by atoms with van der Waals surface area (Å²) in [7, 11) is 0. The summed E-state index contributed by atoms with van der Waals surface area (Å²) in [6.45, 7) is 1.68. The van der Waals surface area contributed by atoms with Crippen LogP contribution in [0.15, 0.2) is 24.3 Å². The van der Waals surface area contributed by atoms with Crippen LogP contribution in [0.25, 0.3) is 0 Å². The number of nitrogens with zero attached hydrogens (tertiary/aromatic N) is 2. The molecule has 0 amide bonds. The predicted molar refractivity (Wildman–Crippen MR) is 73.8 cm³/mol. The van der Waals surface area contributed by atoms with Crippen molar-refractivity contribution in [2.24, 2.45) is 0 Å². The molecule has 1 aliphatic heterocycles. The van der Waals surface area contributed by atoms with Gasteiger partial charge in [0, 0.05) is 31.0 Å². The van der Waals surface area contributed by atoms with Gasteiger partial charge in [-0.15, -0.1) is 0 Å². The zero-order valence-corrected chi connectivity index (χ0v) is 11.2. The van der Waals surface area contributed by atoms with Crippen molar-refractivity contribution in [1.29, 1.82) is 0 Å². The molecule has 2 heterocycles. The van der Waals surface area contributed by atoms with Crippen LogP contribution in [0.2, 0.25) is 0 Å². The highest BCUT2D eigenvalue weighted by Gasteiger charge is 2.31. The minimum Gasteiger partial charge on any atom is -0.307 e. The standard InChI is InChI=1S/C16H16FN3/c17-13-4-2-1-3-11(13)7-15-19-14-9-18-8-12(14)16(20-15)10-5-6-10/h1-4,10,18H,5-9H2.